The summed E-state index contributed by atoms with van der Waals surface area (Å²) in [7, 11) is 0. The van der Waals surface area contributed by atoms with Crippen LogP contribution in [0.2, 0.25) is 0 Å². The van der Waals surface area contributed by atoms with Gasteiger partial charge in [-0.2, -0.15) is 0 Å². The number of nitrogens with zero attached hydrogens (tertiary/aromatic N) is 1. The molecule has 0 radical (unpaired) electrons. The highest BCUT2D eigenvalue weighted by Crippen LogP contribution is 2.21. The van der Waals surface area contributed by atoms with Crippen LogP contribution in [0.15, 0.2) is 24.3 Å². The van der Waals surface area contributed by atoms with Gasteiger partial charge in [-0.1, -0.05) is 52.7 Å². The van der Waals surface area contributed by atoms with Crippen molar-refractivity contribution in [2.24, 2.45) is 29.0 Å². The number of phenols is 1. The van der Waals surface area contributed by atoms with Crippen molar-refractivity contribution in [1.82, 2.24) is 26.2 Å². The predicted octanol–water partition coefficient (Wildman–Crippen LogP) is 0.718. The molecule has 18 heteroatoms. The highest BCUT2D eigenvalue weighted by atomic mass is 16.4. The first-order valence-electron chi connectivity index (χ1n) is 20.2. The van der Waals surface area contributed by atoms with E-state index in [-0.39, 0.29) is 31.1 Å². The zero-order valence-electron chi connectivity index (χ0n) is 34.7. The number of hydrogen-bond acceptors (Lipinski definition) is 11. The Morgan fingerprint density at radius 2 is 1.36 bits per heavy atom. The smallest absolute Gasteiger partial charge is 0.326 e. The Balaban J connectivity index is 0.00000400. The number of carbonyl (C=O) groups excluding carboxylic acids is 5. The third kappa shape index (κ3) is 18.6. The van der Waals surface area contributed by atoms with E-state index in [0.29, 0.717) is 76.4 Å². The second-order valence-electron chi connectivity index (χ2n) is 15.3. The van der Waals surface area contributed by atoms with Gasteiger partial charge in [0.25, 0.3) is 5.97 Å². The molecule has 1 saturated heterocycles. The number of amides is 5. The number of carboxylic acid groups (broad SMARTS) is 2. The van der Waals surface area contributed by atoms with Gasteiger partial charge >= 0.3 is 5.97 Å². The van der Waals surface area contributed by atoms with Crippen LogP contribution in [0, 0.1) is 11.8 Å². The SMILES string of the molecule is CC(=O)O.CCC(C)C(NC(=O)C(Cc1ccc(O)cc1)NC(=O)C1CCCN1C(=O)C(CCCCN)NC(=O)C(N)CCCCN)C(=O)NC(CC(C)C)C(=O)O. The second kappa shape index (κ2) is 27.0. The summed E-state index contributed by atoms with van der Waals surface area (Å²) >= 11 is 0. The molecule has 0 aromatic heterocycles. The van der Waals surface area contributed by atoms with Crippen molar-refractivity contribution in [3.8, 4) is 5.75 Å². The van der Waals surface area contributed by atoms with Crippen LogP contribution in [-0.4, -0.2) is 118 Å². The van der Waals surface area contributed by atoms with Crippen molar-refractivity contribution < 1.29 is 48.9 Å². The normalized spacial score (nSPS) is 16.7. The molecular weight excluding hydrogens is 752 g/mol. The van der Waals surface area contributed by atoms with Gasteiger partial charge < -0.3 is 58.7 Å². The van der Waals surface area contributed by atoms with Gasteiger partial charge in [0.15, 0.2) is 0 Å². The van der Waals surface area contributed by atoms with E-state index in [1.54, 1.807) is 19.1 Å². The number of likely N-dealkylation sites (tertiary alicyclic amines) is 1. The van der Waals surface area contributed by atoms with Crippen molar-refractivity contribution in [1.29, 1.82) is 0 Å². The fraction of sp³-hybridized carbons (Fsp3) is 0.675. The van der Waals surface area contributed by atoms with Crippen LogP contribution < -0.4 is 38.5 Å². The first-order valence-corrected chi connectivity index (χ1v) is 20.2. The Labute approximate surface area is 341 Å². The molecule has 0 saturated carbocycles. The number of nitrogens with two attached hydrogens (primary N) is 3. The monoisotopic (exact) mass is 821 g/mol. The molecule has 7 atom stereocenters. The van der Waals surface area contributed by atoms with Gasteiger partial charge in [-0.05, 0) is 94.0 Å². The Morgan fingerprint density at radius 3 is 1.90 bits per heavy atom. The average molecular weight is 821 g/mol. The number of carbonyl (C=O) groups is 7. The molecule has 0 spiro atoms. The number of benzene rings is 1. The molecule has 1 aliphatic rings. The molecule has 18 nitrogen and oxygen atoms in total. The van der Waals surface area contributed by atoms with Crippen LogP contribution in [0.5, 0.6) is 5.75 Å². The van der Waals surface area contributed by atoms with Gasteiger partial charge in [-0.25, -0.2) is 4.79 Å². The number of unbranched alkanes of at least 4 members (excludes halogenated alkanes) is 2. The average Bonchev–Trinajstić information content (AvgIpc) is 3.66. The Morgan fingerprint density at radius 1 is 0.793 bits per heavy atom. The largest absolute Gasteiger partial charge is 0.508 e. The van der Waals surface area contributed by atoms with Crippen LogP contribution in [0.1, 0.15) is 104 Å². The van der Waals surface area contributed by atoms with Gasteiger partial charge in [0.2, 0.25) is 29.5 Å². The molecule has 1 aliphatic heterocycles. The summed E-state index contributed by atoms with van der Waals surface area (Å²) in [6.07, 6.45) is 4.76. The minimum absolute atomic E-state index is 0.0106. The lowest BCUT2D eigenvalue weighted by Crippen LogP contribution is -2.60. The molecule has 5 amide bonds. The lowest BCUT2D eigenvalue weighted by Gasteiger charge is -2.31. The van der Waals surface area contributed by atoms with Crippen molar-refractivity contribution in [3.63, 3.8) is 0 Å². The summed E-state index contributed by atoms with van der Waals surface area (Å²) in [4.78, 5) is 90.9. The predicted molar refractivity (Wildman–Crippen MR) is 218 cm³/mol. The molecule has 7 unspecified atom stereocenters. The van der Waals surface area contributed by atoms with Gasteiger partial charge in [0.05, 0.1) is 6.04 Å². The molecule has 328 valence electrons. The van der Waals surface area contributed by atoms with Crippen LogP contribution in [0.4, 0.5) is 0 Å². The van der Waals surface area contributed by atoms with Crippen LogP contribution >= 0.6 is 0 Å². The Kier molecular flexibility index (Phi) is 23.8. The van der Waals surface area contributed by atoms with Crippen molar-refractivity contribution >= 4 is 41.5 Å². The summed E-state index contributed by atoms with van der Waals surface area (Å²) in [6, 6.07) is -0.0902. The van der Waals surface area contributed by atoms with Gasteiger partial charge in [-0.3, -0.25) is 28.8 Å². The lowest BCUT2D eigenvalue weighted by molar-refractivity contribution is -0.143. The van der Waals surface area contributed by atoms with E-state index in [4.69, 9.17) is 27.1 Å². The van der Waals surface area contributed by atoms with Crippen LogP contribution in [0.3, 0.4) is 0 Å². The quantitative estimate of drug-likeness (QED) is 0.0644. The molecule has 58 heavy (non-hydrogen) atoms. The first kappa shape index (κ1) is 51.2. The number of nitrogens with one attached hydrogen (secondary N) is 4. The highest BCUT2D eigenvalue weighted by molar-refractivity contribution is 5.96. The first-order chi connectivity index (χ1) is 27.4. The molecule has 1 aromatic carbocycles. The number of rotatable bonds is 24. The number of aromatic hydroxyl groups is 1. The molecule has 0 aliphatic carbocycles. The minimum atomic E-state index is -1.21. The Hall–Kier alpha value is -4.81. The maximum atomic E-state index is 14.0. The molecule has 13 N–H and O–H groups in total. The summed E-state index contributed by atoms with van der Waals surface area (Å²) in [5, 5.41) is 37.9. The van der Waals surface area contributed by atoms with E-state index >= 15 is 0 Å². The zero-order valence-corrected chi connectivity index (χ0v) is 34.7. The maximum absolute atomic E-state index is 14.0. The minimum Gasteiger partial charge on any atom is -0.508 e. The molecule has 1 heterocycles. The van der Waals surface area contributed by atoms with Crippen LogP contribution in [0.25, 0.3) is 0 Å². The number of phenolic OH excluding ortho intramolecular Hbond substituents is 1. The second-order valence-corrected chi connectivity index (χ2v) is 15.3. The van der Waals surface area contributed by atoms with E-state index in [0.717, 1.165) is 6.92 Å². The van der Waals surface area contributed by atoms with E-state index < -0.39 is 83.6 Å². The summed E-state index contributed by atoms with van der Waals surface area (Å²) in [6.45, 7) is 9.50. The number of carboxylic acids is 2. The number of aliphatic carboxylic acids is 2. The van der Waals surface area contributed by atoms with Crippen molar-refractivity contribution in [2.75, 3.05) is 19.6 Å². The van der Waals surface area contributed by atoms with E-state index in [1.807, 2.05) is 20.8 Å². The standard InChI is InChI=1S/C38H64N8O8.C2H4O2/c1-5-24(4)32(36(51)44-30(38(53)54)21-23(2)3)45-34(49)29(22-25-14-16-26(47)17-15-25)43-35(50)31-13-10-20-46(31)37(52)28(12-7-9-19-40)42-33(48)27(41)11-6-8-18-39;1-2(3)4/h14-17,23-24,27-32,47H,5-13,18-22,39-41H2,1-4H3,(H,42,48)(H,43,50)(H,44,51)(H,45,49)(H,53,54);1H3,(H,3,4). The van der Waals surface area contributed by atoms with Crippen molar-refractivity contribution in [3.05, 3.63) is 29.8 Å². The third-order valence-corrected chi connectivity index (χ3v) is 9.83. The van der Waals surface area contributed by atoms with Gasteiger partial charge in [-0.15, -0.1) is 0 Å². The zero-order chi connectivity index (χ0) is 43.9. The molecular formula is C40H68N8O10. The van der Waals surface area contributed by atoms with Crippen LogP contribution in [-0.2, 0) is 40.0 Å². The topological polar surface area (TPSA) is 310 Å². The molecule has 0 bridgehead atoms. The fourth-order valence-electron chi connectivity index (χ4n) is 6.43. The molecule has 1 aromatic rings. The van der Waals surface area contributed by atoms with E-state index in [9.17, 15) is 39.0 Å². The fourth-order valence-corrected chi connectivity index (χ4v) is 6.43. The molecule has 2 rings (SSSR count). The Bertz CT molecular complexity index is 1470. The summed E-state index contributed by atoms with van der Waals surface area (Å²) in [5.74, 6) is -5.25. The highest BCUT2D eigenvalue weighted by Gasteiger charge is 2.40. The van der Waals surface area contributed by atoms with E-state index in [1.165, 1.54) is 17.0 Å². The summed E-state index contributed by atoms with van der Waals surface area (Å²) in [5.41, 5.74) is 18.0. The van der Waals surface area contributed by atoms with Gasteiger partial charge in [0.1, 0.15) is 36.0 Å². The third-order valence-electron chi connectivity index (χ3n) is 9.83. The maximum Gasteiger partial charge on any atom is 0.326 e. The lowest BCUT2D eigenvalue weighted by atomic mass is 9.96. The molecule has 1 fully saturated rings. The van der Waals surface area contributed by atoms with Gasteiger partial charge in [0, 0.05) is 19.9 Å². The van der Waals surface area contributed by atoms with Crippen molar-refractivity contribution in [2.45, 2.75) is 141 Å². The summed E-state index contributed by atoms with van der Waals surface area (Å²) < 4.78 is 0. The number of hydrogen-bond donors (Lipinski definition) is 10. The van der Waals surface area contributed by atoms with E-state index in [2.05, 4.69) is 21.3 Å².